The molecule has 2 fully saturated rings. The molecule has 6 heteroatoms. The van der Waals surface area contributed by atoms with Crippen molar-refractivity contribution in [3.8, 4) is 0 Å². The second-order valence-corrected chi connectivity index (χ2v) is 3.94. The fourth-order valence-corrected chi connectivity index (χ4v) is 2.30. The molecule has 0 bridgehead atoms. The first-order chi connectivity index (χ1) is 6.28. The maximum atomic E-state index is 10.3. The van der Waals surface area contributed by atoms with Crippen LogP contribution in [0.3, 0.4) is 0 Å². The van der Waals surface area contributed by atoms with Gasteiger partial charge in [0.1, 0.15) is 0 Å². The van der Waals surface area contributed by atoms with Crippen LogP contribution < -0.4 is 0 Å². The van der Waals surface area contributed by atoms with Crippen LogP contribution in [0.2, 0.25) is 0 Å². The van der Waals surface area contributed by atoms with Crippen molar-refractivity contribution in [2.45, 2.75) is 12.8 Å². The molecule has 2 heterocycles. The van der Waals surface area contributed by atoms with Crippen molar-refractivity contribution in [3.63, 3.8) is 0 Å². The molecule has 13 heavy (non-hydrogen) atoms. The first-order valence-corrected chi connectivity index (χ1v) is 4.44. The molecule has 2 saturated heterocycles. The van der Waals surface area contributed by atoms with E-state index in [1.165, 1.54) is 10.0 Å². The number of rotatable bonds is 2. The molecule has 0 radical (unpaired) electrons. The van der Waals surface area contributed by atoms with Crippen molar-refractivity contribution in [3.05, 3.63) is 9.81 Å². The average Bonchev–Trinajstić information content (AvgIpc) is 2.74. The van der Waals surface area contributed by atoms with Gasteiger partial charge in [-0.3, -0.25) is 10.0 Å². The summed E-state index contributed by atoms with van der Waals surface area (Å²) in [5.74, 6) is 0. The Morgan fingerprint density at radius 3 is 1.69 bits per heavy atom. The minimum Gasteiger partial charge on any atom is -0.260 e. The number of hydrogen-bond donors (Lipinski definition) is 0. The highest BCUT2D eigenvalue weighted by Crippen LogP contribution is 2.39. The molecule has 0 aliphatic carbocycles. The van der Waals surface area contributed by atoms with Crippen molar-refractivity contribution in [1.82, 2.24) is 10.0 Å². The van der Waals surface area contributed by atoms with E-state index in [-0.39, 0.29) is 5.41 Å². The third-order valence-electron chi connectivity index (χ3n) is 3.07. The lowest BCUT2D eigenvalue weighted by molar-refractivity contribution is 0.247. The van der Waals surface area contributed by atoms with Gasteiger partial charge in [-0.1, -0.05) is 0 Å². The van der Waals surface area contributed by atoms with E-state index in [2.05, 4.69) is 10.6 Å². The molecular formula is C7H12N4O2. The monoisotopic (exact) mass is 184 g/mol. The van der Waals surface area contributed by atoms with E-state index >= 15 is 0 Å². The highest BCUT2D eigenvalue weighted by molar-refractivity contribution is 4.95. The maximum absolute atomic E-state index is 10.3. The van der Waals surface area contributed by atoms with Crippen molar-refractivity contribution in [2.24, 2.45) is 16.0 Å². The fourth-order valence-electron chi connectivity index (χ4n) is 2.30. The lowest BCUT2D eigenvalue weighted by Crippen LogP contribution is -2.27. The Kier molecular flexibility index (Phi) is 1.90. The second-order valence-electron chi connectivity index (χ2n) is 3.94. The Hall–Kier alpha value is -1.20. The van der Waals surface area contributed by atoms with Crippen LogP contribution in [0, 0.1) is 15.2 Å². The van der Waals surface area contributed by atoms with Crippen LogP contribution in [0.4, 0.5) is 0 Å². The van der Waals surface area contributed by atoms with E-state index in [0.717, 1.165) is 25.9 Å². The van der Waals surface area contributed by atoms with Gasteiger partial charge in [0.15, 0.2) is 0 Å². The summed E-state index contributed by atoms with van der Waals surface area (Å²) in [6.45, 7) is 2.80. The van der Waals surface area contributed by atoms with Crippen LogP contribution in [0.25, 0.3) is 0 Å². The molecule has 0 saturated carbocycles. The normalized spacial score (nSPS) is 25.5. The van der Waals surface area contributed by atoms with Crippen LogP contribution in [0.15, 0.2) is 10.6 Å². The Labute approximate surface area is 75.8 Å². The van der Waals surface area contributed by atoms with E-state index in [9.17, 15) is 9.81 Å². The Bertz CT molecular complexity index is 209. The molecule has 6 nitrogen and oxygen atoms in total. The summed E-state index contributed by atoms with van der Waals surface area (Å²) in [7, 11) is 0. The lowest BCUT2D eigenvalue weighted by Gasteiger charge is -2.20. The number of nitroso groups, excluding NO2 is 2. The summed E-state index contributed by atoms with van der Waals surface area (Å²) in [5.41, 5.74) is 0.0990. The second kappa shape index (κ2) is 2.93. The predicted molar refractivity (Wildman–Crippen MR) is 46.4 cm³/mol. The van der Waals surface area contributed by atoms with E-state index in [0.29, 0.717) is 13.1 Å². The molecule has 0 N–H and O–H groups in total. The smallest absolute Gasteiger partial charge is 0.0524 e. The molecule has 72 valence electrons. The highest BCUT2D eigenvalue weighted by Gasteiger charge is 2.44. The third kappa shape index (κ3) is 1.36. The third-order valence-corrected chi connectivity index (χ3v) is 3.07. The van der Waals surface area contributed by atoms with Gasteiger partial charge in [-0.15, -0.1) is 9.81 Å². The molecule has 1 spiro atoms. The predicted octanol–water partition coefficient (Wildman–Crippen LogP) is 0.747. The van der Waals surface area contributed by atoms with Gasteiger partial charge in [0.2, 0.25) is 0 Å². The lowest BCUT2D eigenvalue weighted by atomic mass is 9.87. The first kappa shape index (κ1) is 8.40. The van der Waals surface area contributed by atoms with Gasteiger partial charge in [0.25, 0.3) is 0 Å². The summed E-state index contributed by atoms with van der Waals surface area (Å²) in [6.07, 6.45) is 1.90. The van der Waals surface area contributed by atoms with Gasteiger partial charge in [0, 0.05) is 31.6 Å². The summed E-state index contributed by atoms with van der Waals surface area (Å²) >= 11 is 0. The van der Waals surface area contributed by atoms with Crippen molar-refractivity contribution >= 4 is 0 Å². The van der Waals surface area contributed by atoms with Crippen molar-refractivity contribution in [1.29, 1.82) is 0 Å². The van der Waals surface area contributed by atoms with E-state index in [1.807, 2.05) is 0 Å². The summed E-state index contributed by atoms with van der Waals surface area (Å²) in [5, 5.41) is 8.90. The Balaban J connectivity index is 2.00. The Morgan fingerprint density at radius 1 is 0.923 bits per heavy atom. The first-order valence-electron chi connectivity index (χ1n) is 4.44. The molecular weight excluding hydrogens is 172 g/mol. The van der Waals surface area contributed by atoms with Crippen molar-refractivity contribution < 1.29 is 0 Å². The molecule has 2 aliphatic heterocycles. The van der Waals surface area contributed by atoms with Gasteiger partial charge in [-0.05, 0) is 12.8 Å². The van der Waals surface area contributed by atoms with Gasteiger partial charge in [0.05, 0.1) is 10.6 Å². The summed E-state index contributed by atoms with van der Waals surface area (Å²) in [4.78, 5) is 20.6. The quantitative estimate of drug-likeness (QED) is 0.594. The maximum Gasteiger partial charge on any atom is 0.0524 e. The summed E-state index contributed by atoms with van der Waals surface area (Å²) in [6, 6.07) is 0. The molecule has 0 aromatic rings. The van der Waals surface area contributed by atoms with Crippen LogP contribution in [-0.4, -0.2) is 36.2 Å². The van der Waals surface area contributed by atoms with Gasteiger partial charge >= 0.3 is 0 Å². The average molecular weight is 184 g/mol. The fraction of sp³-hybridized carbons (Fsp3) is 1.00. The van der Waals surface area contributed by atoms with E-state index in [1.54, 1.807) is 0 Å². The van der Waals surface area contributed by atoms with Crippen LogP contribution >= 0.6 is 0 Å². The molecule has 0 amide bonds. The largest absolute Gasteiger partial charge is 0.260 e. The minimum atomic E-state index is 0.0990. The molecule has 2 aliphatic rings. The standard InChI is InChI=1S/C7H12N4O2/c12-8-10-3-1-7(5-10)2-4-11(6-7)9-13/h1-6H2. The van der Waals surface area contributed by atoms with Crippen molar-refractivity contribution in [2.75, 3.05) is 26.2 Å². The molecule has 0 atom stereocenters. The zero-order valence-corrected chi connectivity index (χ0v) is 7.35. The van der Waals surface area contributed by atoms with Crippen LogP contribution in [-0.2, 0) is 0 Å². The summed E-state index contributed by atoms with van der Waals surface area (Å²) < 4.78 is 0. The van der Waals surface area contributed by atoms with Crippen LogP contribution in [0.5, 0.6) is 0 Å². The Morgan fingerprint density at radius 2 is 1.38 bits per heavy atom. The molecule has 0 aromatic heterocycles. The van der Waals surface area contributed by atoms with E-state index in [4.69, 9.17) is 0 Å². The number of hydrogen-bond acceptors (Lipinski definition) is 4. The van der Waals surface area contributed by atoms with Gasteiger partial charge < -0.3 is 0 Å². The van der Waals surface area contributed by atoms with E-state index < -0.39 is 0 Å². The molecule has 0 unspecified atom stereocenters. The molecule has 2 rings (SSSR count). The SMILES string of the molecule is O=NN1CCC2(CCN(N=O)C2)C1. The topological polar surface area (TPSA) is 65.3 Å². The van der Waals surface area contributed by atoms with Crippen LogP contribution in [0.1, 0.15) is 12.8 Å². The zero-order chi connectivity index (χ0) is 9.31. The highest BCUT2D eigenvalue weighted by atomic mass is 16.3. The molecule has 0 aromatic carbocycles. The minimum absolute atomic E-state index is 0.0990. The van der Waals surface area contributed by atoms with Gasteiger partial charge in [-0.2, -0.15) is 0 Å². The number of nitrogens with zero attached hydrogens (tertiary/aromatic N) is 4. The van der Waals surface area contributed by atoms with Gasteiger partial charge in [-0.25, -0.2) is 0 Å². The zero-order valence-electron chi connectivity index (χ0n) is 7.35.